The van der Waals surface area contributed by atoms with Gasteiger partial charge in [0.15, 0.2) is 0 Å². The van der Waals surface area contributed by atoms with Crippen molar-refractivity contribution in [3.05, 3.63) is 0 Å². The highest BCUT2D eigenvalue weighted by molar-refractivity contribution is 5.80. The molecule has 0 radical (unpaired) electrons. The lowest BCUT2D eigenvalue weighted by atomic mass is 10.2. The minimum absolute atomic E-state index is 0.0600. The Morgan fingerprint density at radius 2 is 2.08 bits per heavy atom. The summed E-state index contributed by atoms with van der Waals surface area (Å²) in [7, 11) is 0. The largest absolute Gasteiger partial charge is 0.447 e. The number of rotatable bonds is 4. The summed E-state index contributed by atoms with van der Waals surface area (Å²) < 4.78 is 4.82. The zero-order valence-electron chi connectivity index (χ0n) is 8.26. The number of nitrogens with one attached hydrogen (secondary N) is 2. The molecule has 0 bridgehead atoms. The summed E-state index contributed by atoms with van der Waals surface area (Å²) in [5, 5.41) is 9.58. The van der Waals surface area contributed by atoms with E-state index in [0.29, 0.717) is 6.54 Å². The second-order valence-electron chi connectivity index (χ2n) is 3.19. The van der Waals surface area contributed by atoms with E-state index in [-0.39, 0.29) is 17.9 Å². The second-order valence-corrected chi connectivity index (χ2v) is 3.19. The molecule has 1 amide bonds. The van der Waals surface area contributed by atoms with Crippen molar-refractivity contribution < 1.29 is 9.53 Å². The molecular formula is C8H17N3O2. The van der Waals surface area contributed by atoms with Crippen LogP contribution >= 0.6 is 0 Å². The van der Waals surface area contributed by atoms with Gasteiger partial charge in [0.25, 0.3) is 0 Å². The smallest absolute Gasteiger partial charge is 0.407 e. The number of ether oxygens (including phenoxy) is 1. The maximum Gasteiger partial charge on any atom is 0.407 e. The minimum atomic E-state index is -0.469. The molecular weight excluding hydrogens is 170 g/mol. The number of amidine groups is 1. The van der Waals surface area contributed by atoms with Gasteiger partial charge in [-0.25, -0.2) is 4.79 Å². The highest BCUT2D eigenvalue weighted by atomic mass is 16.6. The van der Waals surface area contributed by atoms with Crippen LogP contribution in [-0.4, -0.2) is 24.6 Å². The van der Waals surface area contributed by atoms with Crippen LogP contribution < -0.4 is 11.1 Å². The highest BCUT2D eigenvalue weighted by Crippen LogP contribution is 1.92. The zero-order valence-corrected chi connectivity index (χ0v) is 8.26. The molecule has 13 heavy (non-hydrogen) atoms. The minimum Gasteiger partial charge on any atom is -0.447 e. The maximum absolute atomic E-state index is 10.9. The summed E-state index contributed by atoms with van der Waals surface area (Å²) >= 11 is 0. The van der Waals surface area contributed by atoms with E-state index in [1.807, 2.05) is 0 Å². The lowest BCUT2D eigenvalue weighted by molar-refractivity contribution is 0.115. The van der Waals surface area contributed by atoms with Gasteiger partial charge in [-0.15, -0.1) is 0 Å². The van der Waals surface area contributed by atoms with E-state index in [9.17, 15) is 4.79 Å². The quantitative estimate of drug-likeness (QED) is 0.447. The van der Waals surface area contributed by atoms with E-state index in [4.69, 9.17) is 15.9 Å². The van der Waals surface area contributed by atoms with Crippen LogP contribution in [0.5, 0.6) is 0 Å². The Kier molecular flexibility index (Phi) is 4.87. The van der Waals surface area contributed by atoms with Gasteiger partial charge in [-0.05, 0) is 13.8 Å². The zero-order chi connectivity index (χ0) is 10.4. The highest BCUT2D eigenvalue weighted by Gasteiger charge is 2.08. The third-order valence-corrected chi connectivity index (χ3v) is 1.43. The Hall–Kier alpha value is -1.26. The average Bonchev–Trinajstić information content (AvgIpc) is 1.98. The van der Waals surface area contributed by atoms with Crippen molar-refractivity contribution in [2.24, 2.45) is 11.7 Å². The maximum atomic E-state index is 10.9. The van der Waals surface area contributed by atoms with Gasteiger partial charge < -0.3 is 15.8 Å². The topological polar surface area (TPSA) is 88.2 Å². The van der Waals surface area contributed by atoms with Crippen molar-refractivity contribution in [2.75, 3.05) is 6.54 Å². The third-order valence-electron chi connectivity index (χ3n) is 1.43. The van der Waals surface area contributed by atoms with Crippen molar-refractivity contribution >= 4 is 11.9 Å². The fourth-order valence-electron chi connectivity index (χ4n) is 0.602. The molecule has 4 N–H and O–H groups in total. The predicted molar refractivity (Wildman–Crippen MR) is 50.7 cm³/mol. The molecule has 76 valence electrons. The van der Waals surface area contributed by atoms with Crippen LogP contribution in [0.2, 0.25) is 0 Å². The summed E-state index contributed by atoms with van der Waals surface area (Å²) in [6.45, 7) is 5.64. The Labute approximate surface area is 78.1 Å². The first kappa shape index (κ1) is 11.7. The van der Waals surface area contributed by atoms with Crippen LogP contribution in [0.3, 0.4) is 0 Å². The van der Waals surface area contributed by atoms with Crippen LogP contribution in [0.1, 0.15) is 20.8 Å². The second kappa shape index (κ2) is 5.40. The molecule has 0 saturated heterocycles. The van der Waals surface area contributed by atoms with E-state index in [0.717, 1.165) is 0 Å². The molecule has 0 spiro atoms. The standard InChI is InChI=1S/C8H17N3O2/c1-5(2)13-8(12)11-4-6(3)7(9)10/h5-6H,4H2,1-3H3,(H3,9,10)(H,11,12). The summed E-state index contributed by atoms with van der Waals surface area (Å²) in [5.74, 6) is -0.0930. The van der Waals surface area contributed by atoms with Gasteiger partial charge in [-0.3, -0.25) is 5.41 Å². The van der Waals surface area contributed by atoms with Crippen LogP contribution in [0.25, 0.3) is 0 Å². The lowest BCUT2D eigenvalue weighted by Crippen LogP contribution is -2.35. The molecule has 0 aliphatic carbocycles. The van der Waals surface area contributed by atoms with Gasteiger partial charge in [0.2, 0.25) is 0 Å². The van der Waals surface area contributed by atoms with Crippen molar-refractivity contribution in [3.63, 3.8) is 0 Å². The predicted octanol–water partition coefficient (Wildman–Crippen LogP) is 0.693. The third kappa shape index (κ3) is 5.95. The van der Waals surface area contributed by atoms with Gasteiger partial charge in [-0.2, -0.15) is 0 Å². The van der Waals surface area contributed by atoms with Gasteiger partial charge in [0, 0.05) is 12.5 Å². The first-order chi connectivity index (χ1) is 5.93. The Morgan fingerprint density at radius 3 is 2.46 bits per heavy atom. The average molecular weight is 187 g/mol. The summed E-state index contributed by atoms with van der Waals surface area (Å²) in [6, 6.07) is 0. The molecule has 0 fully saturated rings. The van der Waals surface area contributed by atoms with Crippen molar-refractivity contribution in [1.29, 1.82) is 5.41 Å². The Balaban J connectivity index is 3.64. The van der Waals surface area contributed by atoms with E-state index >= 15 is 0 Å². The lowest BCUT2D eigenvalue weighted by Gasteiger charge is -2.12. The fraction of sp³-hybridized carbons (Fsp3) is 0.750. The fourth-order valence-corrected chi connectivity index (χ4v) is 0.602. The van der Waals surface area contributed by atoms with Gasteiger partial charge in [-0.1, -0.05) is 6.92 Å². The molecule has 0 rings (SSSR count). The van der Waals surface area contributed by atoms with E-state index in [2.05, 4.69) is 5.32 Å². The molecule has 0 aliphatic rings. The number of carbonyl (C=O) groups excluding carboxylic acids is 1. The van der Waals surface area contributed by atoms with E-state index in [1.165, 1.54) is 0 Å². The number of hydrogen-bond acceptors (Lipinski definition) is 3. The number of carbonyl (C=O) groups is 1. The summed E-state index contributed by atoms with van der Waals surface area (Å²) in [5.41, 5.74) is 5.21. The Morgan fingerprint density at radius 1 is 1.54 bits per heavy atom. The SMILES string of the molecule is CC(C)OC(=O)NCC(C)C(=N)N. The first-order valence-corrected chi connectivity index (χ1v) is 4.22. The molecule has 0 aromatic carbocycles. The van der Waals surface area contributed by atoms with E-state index in [1.54, 1.807) is 20.8 Å². The van der Waals surface area contributed by atoms with Crippen molar-refractivity contribution in [1.82, 2.24) is 5.32 Å². The number of nitrogens with two attached hydrogens (primary N) is 1. The van der Waals surface area contributed by atoms with Gasteiger partial charge >= 0.3 is 6.09 Å². The Bertz CT molecular complexity index is 192. The summed E-state index contributed by atoms with van der Waals surface area (Å²) in [4.78, 5) is 10.9. The molecule has 5 heteroatoms. The molecule has 1 atom stereocenters. The van der Waals surface area contributed by atoms with Crippen LogP contribution in [-0.2, 0) is 4.74 Å². The molecule has 5 nitrogen and oxygen atoms in total. The van der Waals surface area contributed by atoms with Crippen LogP contribution in [0, 0.1) is 11.3 Å². The molecule has 0 saturated carbocycles. The molecule has 0 aromatic heterocycles. The summed E-state index contributed by atoms with van der Waals surface area (Å²) in [6.07, 6.45) is -0.601. The monoisotopic (exact) mass is 187 g/mol. The molecule has 1 unspecified atom stereocenters. The molecule has 0 aliphatic heterocycles. The number of hydrogen-bond donors (Lipinski definition) is 3. The van der Waals surface area contributed by atoms with Crippen molar-refractivity contribution in [3.8, 4) is 0 Å². The van der Waals surface area contributed by atoms with E-state index < -0.39 is 6.09 Å². The molecule has 0 heterocycles. The van der Waals surface area contributed by atoms with Crippen molar-refractivity contribution in [2.45, 2.75) is 26.9 Å². The normalized spacial score (nSPS) is 12.3. The first-order valence-electron chi connectivity index (χ1n) is 4.22. The molecule has 0 aromatic rings. The van der Waals surface area contributed by atoms with Crippen LogP contribution in [0.4, 0.5) is 4.79 Å². The van der Waals surface area contributed by atoms with Gasteiger partial charge in [0.05, 0.1) is 11.9 Å². The number of amides is 1. The number of alkyl carbamates (subject to hydrolysis) is 1. The van der Waals surface area contributed by atoms with Gasteiger partial charge in [0.1, 0.15) is 0 Å². The van der Waals surface area contributed by atoms with Crippen LogP contribution in [0.15, 0.2) is 0 Å².